The average Bonchev–Trinajstić information content (AvgIpc) is 3.46. The smallest absolute Gasteiger partial charge is 0.325 e. The van der Waals surface area contributed by atoms with Crippen LogP contribution in [0.4, 0.5) is 0 Å². The number of nitrogens with zero attached hydrogens (tertiary/aromatic N) is 3. The van der Waals surface area contributed by atoms with E-state index in [4.69, 9.17) is 4.74 Å². The molecule has 0 saturated carbocycles. The normalized spacial score (nSPS) is 16.2. The van der Waals surface area contributed by atoms with Gasteiger partial charge in [-0.1, -0.05) is 41.7 Å². The molecule has 32 heavy (non-hydrogen) atoms. The van der Waals surface area contributed by atoms with Crippen LogP contribution in [0.2, 0.25) is 0 Å². The van der Waals surface area contributed by atoms with E-state index in [1.807, 2.05) is 36.5 Å². The molecule has 8 nitrogen and oxygen atoms in total. The number of aliphatic carboxylic acids is 1. The van der Waals surface area contributed by atoms with E-state index in [1.165, 1.54) is 23.5 Å². The molecule has 0 bridgehead atoms. The number of fused-ring (bicyclic) bond motifs is 1. The van der Waals surface area contributed by atoms with Gasteiger partial charge in [0.05, 0.1) is 20.8 Å². The zero-order chi connectivity index (χ0) is 22.3. The molecule has 0 aliphatic carbocycles. The third-order valence-electron chi connectivity index (χ3n) is 5.74. The summed E-state index contributed by atoms with van der Waals surface area (Å²) in [7, 11) is -4.12. The third-order valence-corrected chi connectivity index (χ3v) is 9.25. The highest BCUT2D eigenvalue weighted by molar-refractivity contribution is 7.93. The molecule has 1 saturated heterocycles. The predicted octanol–water partition coefficient (Wildman–Crippen LogP) is 3.56. The van der Waals surface area contributed by atoms with Crippen molar-refractivity contribution >= 4 is 37.4 Å². The molecule has 4 aromatic rings. The lowest BCUT2D eigenvalue weighted by Crippen LogP contribution is -2.50. The molecular weight excluding hydrogens is 450 g/mol. The van der Waals surface area contributed by atoms with Crippen molar-refractivity contribution in [3.05, 3.63) is 61.1 Å². The van der Waals surface area contributed by atoms with E-state index in [0.29, 0.717) is 15.3 Å². The Bertz CT molecular complexity index is 1400. The number of hydrogen-bond acceptors (Lipinski definition) is 7. The summed E-state index contributed by atoms with van der Waals surface area (Å²) >= 11 is 1.32. The van der Waals surface area contributed by atoms with E-state index >= 15 is 0 Å². The van der Waals surface area contributed by atoms with Crippen molar-refractivity contribution < 1.29 is 23.1 Å². The van der Waals surface area contributed by atoms with Gasteiger partial charge in [0.2, 0.25) is 0 Å². The number of imidazole rings is 1. The minimum absolute atomic E-state index is 0.0138. The van der Waals surface area contributed by atoms with Crippen LogP contribution in [0.15, 0.2) is 66.0 Å². The monoisotopic (exact) mass is 469 g/mol. The fourth-order valence-electron chi connectivity index (χ4n) is 3.88. The molecule has 10 heteroatoms. The summed E-state index contributed by atoms with van der Waals surface area (Å²) < 4.78 is 32.5. The van der Waals surface area contributed by atoms with Crippen molar-refractivity contribution in [3.8, 4) is 16.4 Å². The van der Waals surface area contributed by atoms with Crippen molar-refractivity contribution in [3.63, 3.8) is 0 Å². The highest BCUT2D eigenvalue weighted by Gasteiger charge is 2.52. The van der Waals surface area contributed by atoms with Crippen molar-refractivity contribution in [2.45, 2.75) is 22.5 Å². The van der Waals surface area contributed by atoms with Gasteiger partial charge in [-0.15, -0.1) is 0 Å². The SMILES string of the molecule is O=C(O)C1(S(=O)(=O)c2ccc3nc(-n4cnc(-c5ccccc5)c4)sc3c2)CCOCC1. The van der Waals surface area contributed by atoms with Crippen molar-refractivity contribution in [1.82, 2.24) is 14.5 Å². The molecule has 0 unspecified atom stereocenters. The Hall–Kier alpha value is -3.08. The maximum absolute atomic E-state index is 13.4. The van der Waals surface area contributed by atoms with Crippen molar-refractivity contribution in [2.75, 3.05) is 13.2 Å². The number of thiazole rings is 1. The van der Waals surface area contributed by atoms with E-state index < -0.39 is 20.6 Å². The first-order valence-corrected chi connectivity index (χ1v) is 12.3. The molecule has 164 valence electrons. The maximum atomic E-state index is 13.4. The lowest BCUT2D eigenvalue weighted by Gasteiger charge is -2.32. The van der Waals surface area contributed by atoms with E-state index in [9.17, 15) is 18.3 Å². The van der Waals surface area contributed by atoms with E-state index in [-0.39, 0.29) is 31.0 Å². The highest BCUT2D eigenvalue weighted by Crippen LogP contribution is 2.37. The summed E-state index contributed by atoms with van der Waals surface area (Å²) in [6.07, 6.45) is 3.38. The Kier molecular flexibility index (Phi) is 5.07. The van der Waals surface area contributed by atoms with Gasteiger partial charge in [-0.05, 0) is 18.2 Å². The van der Waals surface area contributed by atoms with Crippen molar-refractivity contribution in [1.29, 1.82) is 0 Å². The number of aromatic nitrogens is 3. The summed E-state index contributed by atoms with van der Waals surface area (Å²) in [5, 5.41) is 10.4. The van der Waals surface area contributed by atoms with Gasteiger partial charge in [-0.3, -0.25) is 9.36 Å². The van der Waals surface area contributed by atoms with Crippen LogP contribution in [-0.4, -0.2) is 52.0 Å². The number of hydrogen-bond donors (Lipinski definition) is 1. The maximum Gasteiger partial charge on any atom is 0.325 e. The standard InChI is InChI=1S/C22H19N3O5S2/c26-20(27)22(8-10-30-11-9-22)32(28,29)16-6-7-17-19(12-16)31-21(24-17)25-13-18(23-14-25)15-4-2-1-3-5-15/h1-7,12-14H,8-11H2,(H,26,27). The minimum Gasteiger partial charge on any atom is -0.480 e. The second-order valence-corrected chi connectivity index (χ2v) is 10.8. The summed E-state index contributed by atoms with van der Waals surface area (Å²) in [6, 6.07) is 14.3. The second-order valence-electron chi connectivity index (χ2n) is 7.57. The molecule has 1 aliphatic heterocycles. The van der Waals surface area contributed by atoms with Gasteiger partial charge in [0.15, 0.2) is 19.7 Å². The number of carboxylic acids is 1. The predicted molar refractivity (Wildman–Crippen MR) is 120 cm³/mol. The molecular formula is C22H19N3O5S2. The van der Waals surface area contributed by atoms with Gasteiger partial charge in [0, 0.05) is 37.8 Å². The largest absolute Gasteiger partial charge is 0.480 e. The van der Waals surface area contributed by atoms with Gasteiger partial charge in [-0.2, -0.15) is 0 Å². The number of ether oxygens (including phenoxy) is 1. The molecule has 0 spiro atoms. The molecule has 3 heterocycles. The van der Waals surface area contributed by atoms with E-state index in [1.54, 1.807) is 17.0 Å². The quantitative estimate of drug-likeness (QED) is 0.476. The van der Waals surface area contributed by atoms with Crippen molar-refractivity contribution in [2.24, 2.45) is 0 Å². The number of carboxylic acid groups (broad SMARTS) is 1. The molecule has 0 radical (unpaired) electrons. The van der Waals surface area contributed by atoms with Gasteiger partial charge in [-0.25, -0.2) is 18.4 Å². The molecule has 0 atom stereocenters. The number of carbonyl (C=O) groups is 1. The fraction of sp³-hybridized carbons (Fsp3) is 0.227. The van der Waals surface area contributed by atoms with Gasteiger partial charge in [0.25, 0.3) is 0 Å². The Morgan fingerprint density at radius 1 is 1.12 bits per heavy atom. The summed E-state index contributed by atoms with van der Waals surface area (Å²) in [5.41, 5.74) is 2.42. The Labute approximate surface area is 188 Å². The Balaban J connectivity index is 1.52. The van der Waals surface area contributed by atoms with E-state index in [2.05, 4.69) is 9.97 Å². The van der Waals surface area contributed by atoms with Crippen LogP contribution in [-0.2, 0) is 19.4 Å². The van der Waals surface area contributed by atoms with Crippen LogP contribution in [0.25, 0.3) is 26.6 Å². The second kappa shape index (κ2) is 7.80. The first-order valence-electron chi connectivity index (χ1n) is 9.97. The van der Waals surface area contributed by atoms with Gasteiger partial charge >= 0.3 is 5.97 Å². The van der Waals surface area contributed by atoms with Crippen LogP contribution in [0, 0.1) is 0 Å². The fourth-order valence-corrected chi connectivity index (χ4v) is 6.81. The van der Waals surface area contributed by atoms with Crippen LogP contribution >= 0.6 is 11.3 Å². The average molecular weight is 470 g/mol. The lowest BCUT2D eigenvalue weighted by atomic mass is 9.99. The van der Waals surface area contributed by atoms with Crippen LogP contribution in [0.1, 0.15) is 12.8 Å². The molecule has 1 aliphatic rings. The molecule has 0 amide bonds. The van der Waals surface area contributed by atoms with Crippen LogP contribution in [0.3, 0.4) is 0 Å². The molecule has 5 rings (SSSR count). The topological polar surface area (TPSA) is 111 Å². The molecule has 2 aromatic carbocycles. The van der Waals surface area contributed by atoms with Gasteiger partial charge in [0.1, 0.15) is 6.33 Å². The summed E-state index contributed by atoms with van der Waals surface area (Å²) in [4.78, 5) is 21.0. The number of benzene rings is 2. The Morgan fingerprint density at radius 2 is 1.88 bits per heavy atom. The zero-order valence-electron chi connectivity index (χ0n) is 16.8. The Morgan fingerprint density at radius 3 is 2.59 bits per heavy atom. The van der Waals surface area contributed by atoms with Crippen LogP contribution < -0.4 is 0 Å². The number of sulfone groups is 1. The lowest BCUT2D eigenvalue weighted by molar-refractivity contribution is -0.142. The molecule has 1 N–H and O–H groups in total. The summed E-state index contributed by atoms with van der Waals surface area (Å²) in [5.74, 6) is -1.34. The van der Waals surface area contributed by atoms with E-state index in [0.717, 1.165) is 11.3 Å². The minimum atomic E-state index is -4.12. The van der Waals surface area contributed by atoms with Crippen LogP contribution in [0.5, 0.6) is 0 Å². The third kappa shape index (κ3) is 3.31. The summed E-state index contributed by atoms with van der Waals surface area (Å²) in [6.45, 7) is 0.200. The van der Waals surface area contributed by atoms with Gasteiger partial charge < -0.3 is 9.84 Å². The number of rotatable bonds is 5. The highest BCUT2D eigenvalue weighted by atomic mass is 32.2. The first kappa shape index (κ1) is 20.8. The molecule has 2 aromatic heterocycles. The first-order chi connectivity index (χ1) is 15.4. The molecule has 1 fully saturated rings. The zero-order valence-corrected chi connectivity index (χ0v) is 18.5.